The smallest absolute Gasteiger partial charge is 0.411 e. The molecule has 0 saturated carbocycles. The van der Waals surface area contributed by atoms with Crippen molar-refractivity contribution < 1.29 is 28.5 Å². The van der Waals surface area contributed by atoms with Gasteiger partial charge in [-0.25, -0.2) is 13.6 Å². The standard InChI is InChI=1S/C27H27F2NO4/c1-18(19-7-9-20(10-8-19)24-12-11-22(28)15-25(24)29)30-14-13-27(34-26(30)33,16-23(32)17-31)21-5-3-2-4-6-21/h2-12,15,18,23,31-32H,13-14,16-17H2,1H3/t18-,23?,27-/m0/s1. The highest BCUT2D eigenvalue weighted by molar-refractivity contribution is 5.70. The Morgan fingerprint density at radius 2 is 1.76 bits per heavy atom. The highest BCUT2D eigenvalue weighted by Crippen LogP contribution is 2.40. The summed E-state index contributed by atoms with van der Waals surface area (Å²) >= 11 is 0. The predicted octanol–water partition coefficient (Wildman–Crippen LogP) is 5.17. The number of ether oxygens (including phenoxy) is 1. The summed E-state index contributed by atoms with van der Waals surface area (Å²) in [6.07, 6.45) is -0.986. The van der Waals surface area contributed by atoms with Gasteiger partial charge in [-0.3, -0.25) is 0 Å². The topological polar surface area (TPSA) is 70.0 Å². The molecule has 0 aliphatic carbocycles. The first-order chi connectivity index (χ1) is 16.3. The molecular weight excluding hydrogens is 440 g/mol. The van der Waals surface area contributed by atoms with Crippen molar-refractivity contribution in [2.24, 2.45) is 0 Å². The molecule has 0 bridgehead atoms. The Balaban J connectivity index is 1.53. The molecule has 0 radical (unpaired) electrons. The fourth-order valence-electron chi connectivity index (χ4n) is 4.52. The first kappa shape index (κ1) is 23.9. The minimum absolute atomic E-state index is 0.0966. The third-order valence-corrected chi connectivity index (χ3v) is 6.45. The SMILES string of the molecule is C[C@@H](c1ccc(-c2ccc(F)cc2F)cc1)N1CC[C@](CC(O)CO)(c2ccccc2)OC1=O. The van der Waals surface area contributed by atoms with E-state index in [1.54, 1.807) is 17.0 Å². The van der Waals surface area contributed by atoms with Crippen molar-refractivity contribution in [1.29, 1.82) is 0 Å². The molecule has 7 heteroatoms. The lowest BCUT2D eigenvalue weighted by Crippen LogP contribution is -2.50. The number of rotatable bonds is 7. The van der Waals surface area contributed by atoms with Crippen molar-refractivity contribution in [2.45, 2.75) is 37.5 Å². The number of aliphatic hydroxyl groups excluding tert-OH is 2. The first-order valence-electron chi connectivity index (χ1n) is 11.2. The summed E-state index contributed by atoms with van der Waals surface area (Å²) in [6.45, 7) is 1.85. The zero-order valence-electron chi connectivity index (χ0n) is 18.8. The van der Waals surface area contributed by atoms with Crippen LogP contribution < -0.4 is 0 Å². The number of amides is 1. The van der Waals surface area contributed by atoms with E-state index in [2.05, 4.69) is 0 Å². The normalized spacial score (nSPS) is 20.0. The van der Waals surface area contributed by atoms with E-state index in [1.807, 2.05) is 49.4 Å². The zero-order valence-corrected chi connectivity index (χ0v) is 18.8. The largest absolute Gasteiger partial charge is 0.438 e. The maximum Gasteiger partial charge on any atom is 0.411 e. The summed E-state index contributed by atoms with van der Waals surface area (Å²) in [5, 5.41) is 19.5. The third-order valence-electron chi connectivity index (χ3n) is 6.45. The molecule has 34 heavy (non-hydrogen) atoms. The maximum atomic E-state index is 14.1. The van der Waals surface area contributed by atoms with E-state index in [1.165, 1.54) is 12.1 Å². The van der Waals surface area contributed by atoms with Crippen LogP contribution in [-0.4, -0.2) is 40.5 Å². The minimum Gasteiger partial charge on any atom is -0.438 e. The fourth-order valence-corrected chi connectivity index (χ4v) is 4.52. The van der Waals surface area contributed by atoms with Crippen LogP contribution in [0.15, 0.2) is 72.8 Å². The Morgan fingerprint density at radius 1 is 1.06 bits per heavy atom. The molecule has 1 aliphatic rings. The molecule has 1 aliphatic heterocycles. The average Bonchev–Trinajstić information content (AvgIpc) is 2.84. The number of aliphatic hydroxyl groups is 2. The molecule has 3 aromatic rings. The van der Waals surface area contributed by atoms with E-state index in [0.717, 1.165) is 17.2 Å². The van der Waals surface area contributed by atoms with Crippen LogP contribution in [0.2, 0.25) is 0 Å². The number of nitrogens with zero attached hydrogens (tertiary/aromatic N) is 1. The Bertz CT molecular complexity index is 1140. The van der Waals surface area contributed by atoms with Gasteiger partial charge in [0.05, 0.1) is 18.8 Å². The van der Waals surface area contributed by atoms with Gasteiger partial charge in [0.15, 0.2) is 0 Å². The van der Waals surface area contributed by atoms with E-state index in [9.17, 15) is 23.8 Å². The lowest BCUT2D eigenvalue weighted by atomic mass is 9.83. The number of hydrogen-bond acceptors (Lipinski definition) is 4. The van der Waals surface area contributed by atoms with Crippen molar-refractivity contribution in [3.63, 3.8) is 0 Å². The van der Waals surface area contributed by atoms with Gasteiger partial charge >= 0.3 is 6.09 Å². The van der Waals surface area contributed by atoms with Crippen LogP contribution in [-0.2, 0) is 10.3 Å². The van der Waals surface area contributed by atoms with Gasteiger partial charge in [0.2, 0.25) is 0 Å². The molecule has 1 unspecified atom stereocenters. The fraction of sp³-hybridized carbons (Fsp3) is 0.296. The number of halogens is 2. The van der Waals surface area contributed by atoms with Gasteiger partial charge < -0.3 is 19.8 Å². The zero-order chi connectivity index (χ0) is 24.3. The molecular formula is C27H27F2NO4. The van der Waals surface area contributed by atoms with Gasteiger partial charge in [0.1, 0.15) is 17.2 Å². The summed E-state index contributed by atoms with van der Waals surface area (Å²) < 4.78 is 33.3. The second-order valence-electron chi connectivity index (χ2n) is 8.63. The van der Waals surface area contributed by atoms with E-state index in [0.29, 0.717) is 24.1 Å². The number of carbonyl (C=O) groups excluding carboxylic acids is 1. The van der Waals surface area contributed by atoms with Crippen LogP contribution in [0.3, 0.4) is 0 Å². The Kier molecular flexibility index (Phi) is 6.95. The number of hydrogen-bond donors (Lipinski definition) is 2. The van der Waals surface area contributed by atoms with Crippen LogP contribution >= 0.6 is 0 Å². The van der Waals surface area contributed by atoms with Gasteiger partial charge in [-0.15, -0.1) is 0 Å². The second-order valence-corrected chi connectivity index (χ2v) is 8.63. The van der Waals surface area contributed by atoms with Gasteiger partial charge in [0.25, 0.3) is 0 Å². The van der Waals surface area contributed by atoms with E-state index in [4.69, 9.17) is 4.74 Å². The average molecular weight is 468 g/mol. The lowest BCUT2D eigenvalue weighted by Gasteiger charge is -2.44. The summed E-state index contributed by atoms with van der Waals surface area (Å²) in [4.78, 5) is 14.7. The molecule has 1 fully saturated rings. The number of carbonyl (C=O) groups is 1. The first-order valence-corrected chi connectivity index (χ1v) is 11.2. The van der Waals surface area contributed by atoms with Crippen molar-refractivity contribution in [3.05, 3.63) is 95.6 Å². The van der Waals surface area contributed by atoms with E-state index in [-0.39, 0.29) is 12.5 Å². The van der Waals surface area contributed by atoms with Crippen LogP contribution in [0.5, 0.6) is 0 Å². The Hall–Kier alpha value is -3.29. The van der Waals surface area contributed by atoms with Crippen molar-refractivity contribution in [3.8, 4) is 11.1 Å². The molecule has 5 nitrogen and oxygen atoms in total. The van der Waals surface area contributed by atoms with Gasteiger partial charge in [0, 0.05) is 31.0 Å². The van der Waals surface area contributed by atoms with Crippen molar-refractivity contribution >= 4 is 6.09 Å². The second kappa shape index (κ2) is 9.91. The summed E-state index contributed by atoms with van der Waals surface area (Å²) in [6, 6.07) is 19.5. The molecule has 0 aromatic heterocycles. The minimum atomic E-state index is -1.03. The van der Waals surface area contributed by atoms with Gasteiger partial charge in [-0.2, -0.15) is 0 Å². The summed E-state index contributed by atoms with van der Waals surface area (Å²) in [5.74, 6) is -1.27. The van der Waals surface area contributed by atoms with E-state index < -0.39 is 36.0 Å². The Labute approximate surface area is 197 Å². The molecule has 3 aromatic carbocycles. The molecule has 178 valence electrons. The van der Waals surface area contributed by atoms with Gasteiger partial charge in [-0.05, 0) is 35.7 Å². The van der Waals surface area contributed by atoms with Crippen LogP contribution in [0.1, 0.15) is 36.9 Å². The molecule has 1 heterocycles. The molecule has 2 N–H and O–H groups in total. The quantitative estimate of drug-likeness (QED) is 0.503. The number of benzene rings is 3. The lowest BCUT2D eigenvalue weighted by molar-refractivity contribution is -0.0892. The number of cyclic esters (lactones) is 1. The third kappa shape index (κ3) is 4.81. The molecule has 4 rings (SSSR count). The highest BCUT2D eigenvalue weighted by Gasteiger charge is 2.44. The predicted molar refractivity (Wildman–Crippen MR) is 124 cm³/mol. The highest BCUT2D eigenvalue weighted by atomic mass is 19.1. The van der Waals surface area contributed by atoms with Crippen LogP contribution in [0.25, 0.3) is 11.1 Å². The Morgan fingerprint density at radius 3 is 2.38 bits per heavy atom. The van der Waals surface area contributed by atoms with E-state index >= 15 is 0 Å². The van der Waals surface area contributed by atoms with Crippen LogP contribution in [0, 0.1) is 11.6 Å². The maximum absolute atomic E-state index is 14.1. The summed E-state index contributed by atoms with van der Waals surface area (Å²) in [5.41, 5.74) is 1.49. The molecule has 0 spiro atoms. The summed E-state index contributed by atoms with van der Waals surface area (Å²) in [7, 11) is 0. The molecule has 1 amide bonds. The van der Waals surface area contributed by atoms with Gasteiger partial charge in [-0.1, -0.05) is 54.6 Å². The monoisotopic (exact) mass is 467 g/mol. The van der Waals surface area contributed by atoms with Crippen molar-refractivity contribution in [2.75, 3.05) is 13.2 Å². The molecule has 3 atom stereocenters. The van der Waals surface area contributed by atoms with Crippen LogP contribution in [0.4, 0.5) is 13.6 Å². The molecule has 1 saturated heterocycles. The van der Waals surface area contributed by atoms with Crippen molar-refractivity contribution in [1.82, 2.24) is 4.90 Å².